The number of nitrogens with one attached hydrogen (secondary N) is 1. The molecule has 1 aromatic rings. The Morgan fingerprint density at radius 2 is 2.33 bits per heavy atom. The van der Waals surface area contributed by atoms with Crippen LogP contribution in [0.3, 0.4) is 0 Å². The Labute approximate surface area is 88.9 Å². The van der Waals surface area contributed by atoms with Crippen molar-refractivity contribution in [1.82, 2.24) is 20.3 Å². The maximum Gasteiger partial charge on any atom is 0.276 e. The van der Waals surface area contributed by atoms with Crippen LogP contribution in [-0.4, -0.2) is 39.3 Å². The van der Waals surface area contributed by atoms with Crippen molar-refractivity contribution >= 4 is 5.91 Å². The van der Waals surface area contributed by atoms with Gasteiger partial charge in [0.1, 0.15) is 0 Å². The third-order valence-electron chi connectivity index (χ3n) is 3.11. The zero-order valence-electron chi connectivity index (χ0n) is 8.94. The number of hydrogen-bond donors (Lipinski definition) is 1. The summed E-state index contributed by atoms with van der Waals surface area (Å²) in [4.78, 5) is 13.7. The van der Waals surface area contributed by atoms with Crippen molar-refractivity contribution in [3.8, 4) is 0 Å². The Hall–Kier alpha value is -1.39. The number of likely N-dealkylation sites (tertiary alicyclic amines) is 1. The molecule has 5 heteroatoms. The Bertz CT molecular complexity index is 314. The number of carbonyl (C=O) groups excluding carboxylic acids is 1. The van der Waals surface area contributed by atoms with E-state index < -0.39 is 0 Å². The lowest BCUT2D eigenvalue weighted by Crippen LogP contribution is -2.38. The molecule has 0 atom stereocenters. The van der Waals surface area contributed by atoms with Gasteiger partial charge in [0.2, 0.25) is 0 Å². The summed E-state index contributed by atoms with van der Waals surface area (Å²) in [7, 11) is 0. The number of H-pyrrole nitrogens is 1. The van der Waals surface area contributed by atoms with Crippen molar-refractivity contribution in [1.29, 1.82) is 0 Å². The molecule has 1 aliphatic rings. The van der Waals surface area contributed by atoms with Gasteiger partial charge in [-0.1, -0.05) is 13.3 Å². The van der Waals surface area contributed by atoms with Gasteiger partial charge >= 0.3 is 0 Å². The van der Waals surface area contributed by atoms with Crippen molar-refractivity contribution in [3.05, 3.63) is 11.9 Å². The summed E-state index contributed by atoms with van der Waals surface area (Å²) in [6.07, 6.45) is 4.92. The van der Waals surface area contributed by atoms with Crippen LogP contribution in [0.4, 0.5) is 0 Å². The molecule has 1 N–H and O–H groups in total. The molecule has 0 saturated carbocycles. The number of nitrogens with zero attached hydrogens (tertiary/aromatic N) is 3. The van der Waals surface area contributed by atoms with E-state index in [1.54, 1.807) is 0 Å². The van der Waals surface area contributed by atoms with Crippen LogP contribution in [0.15, 0.2) is 6.20 Å². The number of amides is 1. The fraction of sp³-hybridized carbons (Fsp3) is 0.700. The van der Waals surface area contributed by atoms with Gasteiger partial charge in [-0.05, 0) is 18.8 Å². The molecule has 0 aliphatic carbocycles. The van der Waals surface area contributed by atoms with E-state index in [0.29, 0.717) is 5.69 Å². The van der Waals surface area contributed by atoms with Gasteiger partial charge in [-0.25, -0.2) is 0 Å². The average molecular weight is 208 g/mol. The van der Waals surface area contributed by atoms with Crippen LogP contribution < -0.4 is 0 Å². The lowest BCUT2D eigenvalue weighted by atomic mass is 9.94. The molecule has 2 heterocycles. The molecule has 0 spiro atoms. The van der Waals surface area contributed by atoms with E-state index in [-0.39, 0.29) is 5.91 Å². The van der Waals surface area contributed by atoms with Crippen LogP contribution in [0.5, 0.6) is 0 Å². The molecular formula is C10H16N4O. The van der Waals surface area contributed by atoms with Crippen molar-refractivity contribution in [3.63, 3.8) is 0 Å². The largest absolute Gasteiger partial charge is 0.337 e. The first kappa shape index (κ1) is 10.1. The quantitative estimate of drug-likeness (QED) is 0.790. The van der Waals surface area contributed by atoms with Gasteiger partial charge in [-0.3, -0.25) is 4.79 Å². The SMILES string of the molecule is CCC1CCN(C(=O)c2cn[nH]n2)CC1. The predicted octanol–water partition coefficient (Wildman–Crippen LogP) is 1.07. The Morgan fingerprint density at radius 1 is 1.60 bits per heavy atom. The fourth-order valence-corrected chi connectivity index (χ4v) is 2.01. The fourth-order valence-electron chi connectivity index (χ4n) is 2.01. The van der Waals surface area contributed by atoms with Crippen LogP contribution in [-0.2, 0) is 0 Å². The molecule has 0 radical (unpaired) electrons. The molecule has 0 unspecified atom stereocenters. The summed E-state index contributed by atoms with van der Waals surface area (Å²) < 4.78 is 0. The molecule has 0 bridgehead atoms. The first-order chi connectivity index (χ1) is 7.31. The minimum Gasteiger partial charge on any atom is -0.337 e. The third-order valence-corrected chi connectivity index (χ3v) is 3.11. The molecule has 1 fully saturated rings. The summed E-state index contributed by atoms with van der Waals surface area (Å²) in [5.74, 6) is 0.782. The zero-order valence-corrected chi connectivity index (χ0v) is 8.94. The lowest BCUT2D eigenvalue weighted by molar-refractivity contribution is 0.0683. The summed E-state index contributed by atoms with van der Waals surface area (Å²) in [6, 6.07) is 0. The van der Waals surface area contributed by atoms with Gasteiger partial charge in [-0.15, -0.1) is 0 Å². The molecular weight excluding hydrogens is 192 g/mol. The number of rotatable bonds is 2. The van der Waals surface area contributed by atoms with Crippen molar-refractivity contribution < 1.29 is 4.79 Å². The van der Waals surface area contributed by atoms with E-state index in [1.165, 1.54) is 12.6 Å². The van der Waals surface area contributed by atoms with E-state index in [0.717, 1.165) is 31.8 Å². The van der Waals surface area contributed by atoms with Gasteiger partial charge in [0, 0.05) is 13.1 Å². The number of aromatic nitrogens is 3. The summed E-state index contributed by atoms with van der Waals surface area (Å²) >= 11 is 0. The van der Waals surface area contributed by atoms with E-state index >= 15 is 0 Å². The minimum atomic E-state index is -0.00157. The smallest absolute Gasteiger partial charge is 0.276 e. The van der Waals surface area contributed by atoms with E-state index in [2.05, 4.69) is 22.3 Å². The highest BCUT2D eigenvalue weighted by Gasteiger charge is 2.23. The van der Waals surface area contributed by atoms with Crippen LogP contribution in [0.1, 0.15) is 36.7 Å². The predicted molar refractivity (Wildman–Crippen MR) is 55.3 cm³/mol. The van der Waals surface area contributed by atoms with E-state index in [1.807, 2.05) is 4.90 Å². The Balaban J connectivity index is 1.93. The van der Waals surface area contributed by atoms with Crippen molar-refractivity contribution in [2.45, 2.75) is 26.2 Å². The molecule has 82 valence electrons. The second-order valence-corrected chi connectivity index (χ2v) is 4.00. The van der Waals surface area contributed by atoms with Gasteiger partial charge in [-0.2, -0.15) is 15.4 Å². The molecule has 1 amide bonds. The van der Waals surface area contributed by atoms with Crippen molar-refractivity contribution in [2.24, 2.45) is 5.92 Å². The van der Waals surface area contributed by atoms with Gasteiger partial charge in [0.05, 0.1) is 6.20 Å². The molecule has 1 saturated heterocycles. The van der Waals surface area contributed by atoms with Crippen LogP contribution >= 0.6 is 0 Å². The Kier molecular flexibility index (Phi) is 2.99. The molecule has 1 aromatic heterocycles. The maximum atomic E-state index is 11.9. The maximum absolute atomic E-state index is 11.9. The standard InChI is InChI=1S/C10H16N4O/c1-2-8-3-5-14(6-4-8)10(15)9-7-11-13-12-9/h7-8H,2-6H2,1H3,(H,11,12,13). The number of hydrogen-bond acceptors (Lipinski definition) is 3. The highest BCUT2D eigenvalue weighted by Crippen LogP contribution is 2.20. The molecule has 15 heavy (non-hydrogen) atoms. The summed E-state index contributed by atoms with van der Waals surface area (Å²) in [6.45, 7) is 3.91. The molecule has 5 nitrogen and oxygen atoms in total. The van der Waals surface area contributed by atoms with Crippen molar-refractivity contribution in [2.75, 3.05) is 13.1 Å². The number of aromatic amines is 1. The molecule has 1 aliphatic heterocycles. The second kappa shape index (κ2) is 4.42. The Morgan fingerprint density at radius 3 is 2.87 bits per heavy atom. The lowest BCUT2D eigenvalue weighted by Gasteiger charge is -2.30. The monoisotopic (exact) mass is 208 g/mol. The number of carbonyl (C=O) groups is 1. The van der Waals surface area contributed by atoms with Crippen LogP contribution in [0.2, 0.25) is 0 Å². The summed E-state index contributed by atoms with van der Waals surface area (Å²) in [5.41, 5.74) is 0.421. The third kappa shape index (κ3) is 2.16. The molecule has 2 rings (SSSR count). The highest BCUT2D eigenvalue weighted by molar-refractivity contribution is 5.91. The second-order valence-electron chi connectivity index (χ2n) is 4.00. The van der Waals surface area contributed by atoms with E-state index in [4.69, 9.17) is 0 Å². The first-order valence-electron chi connectivity index (χ1n) is 5.46. The van der Waals surface area contributed by atoms with Gasteiger partial charge in [0.25, 0.3) is 5.91 Å². The molecule has 0 aromatic carbocycles. The average Bonchev–Trinajstić information content (AvgIpc) is 2.82. The van der Waals surface area contributed by atoms with Gasteiger partial charge < -0.3 is 4.90 Å². The van der Waals surface area contributed by atoms with Crippen LogP contribution in [0.25, 0.3) is 0 Å². The minimum absolute atomic E-state index is 0.00157. The highest BCUT2D eigenvalue weighted by atomic mass is 16.2. The first-order valence-corrected chi connectivity index (χ1v) is 5.46. The normalized spacial score (nSPS) is 18.1. The van der Waals surface area contributed by atoms with Crippen LogP contribution in [0, 0.1) is 5.92 Å². The number of piperidine rings is 1. The van der Waals surface area contributed by atoms with Gasteiger partial charge in [0.15, 0.2) is 5.69 Å². The summed E-state index contributed by atoms with van der Waals surface area (Å²) in [5, 5.41) is 9.91. The zero-order chi connectivity index (χ0) is 10.7. The van der Waals surface area contributed by atoms with E-state index in [9.17, 15) is 4.79 Å². The topological polar surface area (TPSA) is 61.9 Å².